The van der Waals surface area contributed by atoms with Crippen molar-refractivity contribution < 1.29 is 15.1 Å². The Morgan fingerprint density at radius 3 is 2.26 bits per heavy atom. The zero-order chi connectivity index (χ0) is 21.2. The van der Waals surface area contributed by atoms with Crippen LogP contribution in [-0.2, 0) is 6.42 Å². The third-order valence-electron chi connectivity index (χ3n) is 5.76. The summed E-state index contributed by atoms with van der Waals surface area (Å²) >= 11 is 1.67. The summed E-state index contributed by atoms with van der Waals surface area (Å²) in [6.07, 6.45) is 4.46. The maximum Gasteiger partial charge on any atom is 0.147 e. The zero-order valence-electron chi connectivity index (χ0n) is 17.3. The first-order chi connectivity index (χ1) is 15.2. The van der Waals surface area contributed by atoms with Crippen LogP contribution in [0.5, 0.6) is 17.2 Å². The van der Waals surface area contributed by atoms with Gasteiger partial charge in [-0.15, -0.1) is 16.4 Å². The first kappa shape index (κ1) is 19.9. The lowest BCUT2D eigenvalue weighted by Gasteiger charge is -2.26. The van der Waals surface area contributed by atoms with Crippen molar-refractivity contribution in [1.29, 1.82) is 0 Å². The Morgan fingerprint density at radius 1 is 0.806 bits per heavy atom. The summed E-state index contributed by atoms with van der Waals surface area (Å²) in [6, 6.07) is 21.2. The number of phenolic OH excluding ortho intramolecular Hbond substituents is 2. The van der Waals surface area contributed by atoms with Gasteiger partial charge in [0.1, 0.15) is 17.2 Å². The second-order valence-corrected chi connectivity index (χ2v) is 9.09. The molecule has 3 aromatic carbocycles. The van der Waals surface area contributed by atoms with Gasteiger partial charge in [-0.3, -0.25) is 0 Å². The maximum absolute atomic E-state index is 9.95. The Balaban J connectivity index is 1.45. The van der Waals surface area contributed by atoms with E-state index < -0.39 is 0 Å². The predicted molar refractivity (Wildman–Crippen MR) is 126 cm³/mol. The molecule has 158 valence electrons. The van der Waals surface area contributed by atoms with Crippen molar-refractivity contribution in [3.8, 4) is 27.7 Å². The minimum absolute atomic E-state index is 0.258. The molecule has 4 aromatic rings. The molecule has 1 aliphatic rings. The zero-order valence-corrected chi connectivity index (χ0v) is 18.1. The molecule has 1 aliphatic heterocycles. The fraction of sp³-hybridized carbons (Fsp3) is 0.231. The van der Waals surface area contributed by atoms with E-state index in [1.54, 1.807) is 29.5 Å². The quantitative estimate of drug-likeness (QED) is 0.387. The summed E-state index contributed by atoms with van der Waals surface area (Å²) in [5.41, 5.74) is 3.51. The summed E-state index contributed by atoms with van der Waals surface area (Å²) in [7, 11) is 0. The predicted octanol–water partition coefficient (Wildman–Crippen LogP) is 6.35. The molecule has 0 amide bonds. The first-order valence-electron chi connectivity index (χ1n) is 10.7. The highest BCUT2D eigenvalue weighted by molar-refractivity contribution is 7.22. The monoisotopic (exact) mass is 431 g/mol. The van der Waals surface area contributed by atoms with Crippen molar-refractivity contribution in [2.75, 3.05) is 13.1 Å². The minimum atomic E-state index is 0.258. The van der Waals surface area contributed by atoms with Gasteiger partial charge in [-0.05, 0) is 95.9 Å². The topological polar surface area (TPSA) is 52.9 Å². The number of hydrogen-bond donors (Lipinski definition) is 2. The molecule has 1 aromatic heterocycles. The van der Waals surface area contributed by atoms with Gasteiger partial charge in [-0.2, -0.15) is 0 Å². The first-order valence-corrected chi connectivity index (χ1v) is 11.5. The molecule has 0 saturated carbocycles. The number of nitrogens with zero attached hydrogens (tertiary/aromatic N) is 1. The number of hydrogen-bond acceptors (Lipinski definition) is 5. The van der Waals surface area contributed by atoms with Gasteiger partial charge in [0.05, 0.1) is 0 Å². The molecular formula is C26H25NO3S. The van der Waals surface area contributed by atoms with E-state index >= 15 is 0 Å². The van der Waals surface area contributed by atoms with E-state index in [0.29, 0.717) is 0 Å². The van der Waals surface area contributed by atoms with Crippen LogP contribution in [0.15, 0.2) is 66.7 Å². The van der Waals surface area contributed by atoms with Crippen LogP contribution < -0.4 is 4.84 Å². The van der Waals surface area contributed by atoms with Crippen molar-refractivity contribution in [2.24, 2.45) is 0 Å². The number of rotatable bonds is 5. The molecule has 0 spiro atoms. The molecule has 1 fully saturated rings. The van der Waals surface area contributed by atoms with Gasteiger partial charge in [0.2, 0.25) is 0 Å². The average Bonchev–Trinajstić information content (AvgIpc) is 3.13. The molecule has 0 aliphatic carbocycles. The molecule has 0 unspecified atom stereocenters. The van der Waals surface area contributed by atoms with E-state index in [-0.39, 0.29) is 11.5 Å². The van der Waals surface area contributed by atoms with Crippen LogP contribution in [0, 0.1) is 0 Å². The van der Waals surface area contributed by atoms with Gasteiger partial charge in [0.15, 0.2) is 0 Å². The number of fused-ring (bicyclic) bond motifs is 1. The maximum atomic E-state index is 9.95. The molecule has 5 heteroatoms. The summed E-state index contributed by atoms with van der Waals surface area (Å²) in [5, 5.41) is 22.8. The van der Waals surface area contributed by atoms with Crippen LogP contribution in [0.2, 0.25) is 0 Å². The van der Waals surface area contributed by atoms with Crippen molar-refractivity contribution in [1.82, 2.24) is 5.06 Å². The molecule has 4 nitrogen and oxygen atoms in total. The summed E-state index contributed by atoms with van der Waals surface area (Å²) in [4.78, 5) is 7.18. The molecule has 31 heavy (non-hydrogen) atoms. The summed E-state index contributed by atoms with van der Waals surface area (Å²) in [6.45, 7) is 1.98. The van der Waals surface area contributed by atoms with E-state index in [1.807, 2.05) is 36.4 Å². The van der Waals surface area contributed by atoms with Crippen LogP contribution in [-0.4, -0.2) is 28.4 Å². The number of hydroxylamine groups is 2. The lowest BCUT2D eigenvalue weighted by Crippen LogP contribution is -2.32. The number of piperidine rings is 1. The Labute approximate surface area is 185 Å². The number of phenols is 2. The van der Waals surface area contributed by atoms with Gasteiger partial charge in [0, 0.05) is 22.7 Å². The SMILES string of the molecule is Oc1ccc(-c2sc3cc(O)ccc3c2Cc2ccc(ON3CCCCC3)cc2)cc1. The number of thiophene rings is 1. The molecular weight excluding hydrogens is 406 g/mol. The van der Waals surface area contributed by atoms with Crippen molar-refractivity contribution in [2.45, 2.75) is 25.7 Å². The highest BCUT2D eigenvalue weighted by Crippen LogP contribution is 2.41. The molecule has 5 rings (SSSR count). The molecule has 0 bridgehead atoms. The van der Waals surface area contributed by atoms with Gasteiger partial charge in [-0.25, -0.2) is 0 Å². The van der Waals surface area contributed by atoms with E-state index in [2.05, 4.69) is 17.2 Å². The van der Waals surface area contributed by atoms with Crippen LogP contribution >= 0.6 is 11.3 Å². The Hall–Kier alpha value is -3.02. The third-order valence-corrected chi connectivity index (χ3v) is 7.00. The summed E-state index contributed by atoms with van der Waals surface area (Å²) < 4.78 is 1.06. The number of aromatic hydroxyl groups is 2. The molecule has 0 atom stereocenters. The fourth-order valence-corrected chi connectivity index (χ4v) is 5.40. The van der Waals surface area contributed by atoms with E-state index in [9.17, 15) is 10.2 Å². The van der Waals surface area contributed by atoms with E-state index in [4.69, 9.17) is 4.84 Å². The molecule has 0 radical (unpaired) electrons. The minimum Gasteiger partial charge on any atom is -0.508 e. The van der Waals surface area contributed by atoms with Gasteiger partial charge >= 0.3 is 0 Å². The van der Waals surface area contributed by atoms with E-state index in [1.165, 1.54) is 30.4 Å². The second-order valence-electron chi connectivity index (χ2n) is 8.04. The van der Waals surface area contributed by atoms with Crippen molar-refractivity contribution >= 4 is 21.4 Å². The summed E-state index contributed by atoms with van der Waals surface area (Å²) in [5.74, 6) is 1.41. The fourth-order valence-electron chi connectivity index (χ4n) is 4.14. The van der Waals surface area contributed by atoms with E-state index in [0.717, 1.165) is 45.8 Å². The lowest BCUT2D eigenvalue weighted by molar-refractivity contribution is -0.0720. The van der Waals surface area contributed by atoms with Gasteiger partial charge in [-0.1, -0.05) is 18.6 Å². The van der Waals surface area contributed by atoms with Crippen LogP contribution in [0.3, 0.4) is 0 Å². The third kappa shape index (κ3) is 4.38. The molecule has 2 heterocycles. The highest BCUT2D eigenvalue weighted by Gasteiger charge is 2.16. The smallest absolute Gasteiger partial charge is 0.147 e. The van der Waals surface area contributed by atoms with Crippen LogP contribution in [0.4, 0.5) is 0 Å². The lowest BCUT2D eigenvalue weighted by atomic mass is 9.99. The normalized spacial score (nSPS) is 14.7. The Morgan fingerprint density at radius 2 is 1.52 bits per heavy atom. The van der Waals surface area contributed by atoms with Crippen LogP contribution in [0.25, 0.3) is 20.5 Å². The Kier molecular flexibility index (Phi) is 5.53. The Bertz CT molecular complexity index is 1180. The largest absolute Gasteiger partial charge is 0.508 e. The van der Waals surface area contributed by atoms with Crippen molar-refractivity contribution in [3.05, 3.63) is 77.9 Å². The van der Waals surface area contributed by atoms with Gasteiger partial charge in [0.25, 0.3) is 0 Å². The molecule has 1 saturated heterocycles. The highest BCUT2D eigenvalue weighted by atomic mass is 32.1. The average molecular weight is 432 g/mol. The van der Waals surface area contributed by atoms with Crippen molar-refractivity contribution in [3.63, 3.8) is 0 Å². The standard InChI is InChI=1S/C26H25NO3S/c28-20-8-6-19(7-9-20)26-24(23-13-10-21(29)17-25(23)31-26)16-18-4-11-22(12-5-18)30-27-14-2-1-3-15-27/h4-13,17,28-29H,1-3,14-16H2. The number of benzene rings is 3. The van der Waals surface area contributed by atoms with Gasteiger partial charge < -0.3 is 15.1 Å². The second kappa shape index (κ2) is 8.61. The molecule has 2 N–H and O–H groups in total. The van der Waals surface area contributed by atoms with Crippen LogP contribution in [0.1, 0.15) is 30.4 Å².